The Hall–Kier alpha value is -2.34. The summed E-state index contributed by atoms with van der Waals surface area (Å²) >= 11 is 5.78. The van der Waals surface area contributed by atoms with Gasteiger partial charge in [0.1, 0.15) is 6.61 Å². The lowest BCUT2D eigenvalue weighted by Gasteiger charge is -2.26. The quantitative estimate of drug-likeness (QED) is 0.434. The molecule has 0 spiro atoms. The van der Waals surface area contributed by atoms with Gasteiger partial charge in [-0.15, -0.1) is 11.6 Å². The van der Waals surface area contributed by atoms with Crippen molar-refractivity contribution in [3.05, 3.63) is 48.6 Å². The number of hydrogen-bond donors (Lipinski definition) is 0. The summed E-state index contributed by atoms with van der Waals surface area (Å²) in [5.74, 6) is -1.78. The largest absolute Gasteiger partial charge is 0.464 e. The minimum atomic E-state index is -1.28. The zero-order chi connectivity index (χ0) is 17.2. The molecule has 1 aromatic rings. The predicted octanol–water partition coefficient (Wildman–Crippen LogP) is 2.62. The maximum absolute atomic E-state index is 12.6. The highest BCUT2D eigenvalue weighted by Crippen LogP contribution is 2.13. The van der Waals surface area contributed by atoms with Crippen molar-refractivity contribution in [1.29, 1.82) is 0 Å². The fourth-order valence-corrected chi connectivity index (χ4v) is 2.01. The highest BCUT2D eigenvalue weighted by molar-refractivity contribution is 6.20. The average molecular weight is 340 g/mol. The number of hydrogen-bond acceptors (Lipinski definition) is 5. The third kappa shape index (κ3) is 5.10. The molecule has 0 fully saturated rings. The third-order valence-electron chi connectivity index (χ3n) is 2.78. The molecule has 0 saturated carbocycles. The Morgan fingerprint density at radius 1 is 1.26 bits per heavy atom. The Bertz CT molecular complexity index is 561. The second kappa shape index (κ2) is 9.63. The molecule has 1 rings (SSSR count). The first-order valence-corrected chi connectivity index (χ1v) is 7.49. The monoisotopic (exact) mass is 339 g/mol. The molecule has 0 radical (unpaired) electrons. The normalized spacial score (nSPS) is 11.2. The number of carbonyl (C=O) groups is 3. The predicted molar refractivity (Wildman–Crippen MR) is 85.3 cm³/mol. The van der Waals surface area contributed by atoms with E-state index < -0.39 is 24.0 Å². The van der Waals surface area contributed by atoms with Crippen molar-refractivity contribution in [3.8, 4) is 0 Å². The first kappa shape index (κ1) is 18.7. The van der Waals surface area contributed by atoms with Crippen LogP contribution in [0.4, 0.5) is 4.79 Å². The van der Waals surface area contributed by atoms with Crippen molar-refractivity contribution in [3.63, 3.8) is 0 Å². The number of amides is 2. The zero-order valence-corrected chi connectivity index (χ0v) is 13.5. The lowest BCUT2D eigenvalue weighted by atomic mass is 10.1. The van der Waals surface area contributed by atoms with E-state index in [-0.39, 0.29) is 24.7 Å². The Morgan fingerprint density at radius 3 is 2.43 bits per heavy atom. The highest BCUT2D eigenvalue weighted by atomic mass is 35.5. The van der Waals surface area contributed by atoms with Crippen LogP contribution in [0.15, 0.2) is 43.0 Å². The Balaban J connectivity index is 3.14. The van der Waals surface area contributed by atoms with Crippen molar-refractivity contribution < 1.29 is 23.9 Å². The topological polar surface area (TPSA) is 72.9 Å². The Kier molecular flexibility index (Phi) is 7.83. The van der Waals surface area contributed by atoms with Crippen LogP contribution in [0.1, 0.15) is 17.3 Å². The van der Waals surface area contributed by atoms with Crippen LogP contribution in [-0.4, -0.2) is 48.0 Å². The molecule has 0 heterocycles. The third-order valence-corrected chi connectivity index (χ3v) is 3.07. The average Bonchev–Trinajstić information content (AvgIpc) is 2.57. The summed E-state index contributed by atoms with van der Waals surface area (Å²) in [6.45, 7) is 5.04. The lowest BCUT2D eigenvalue weighted by molar-refractivity contribution is -0.147. The molecule has 0 bridgehead atoms. The van der Waals surface area contributed by atoms with E-state index in [1.807, 2.05) is 0 Å². The molecule has 0 N–H and O–H groups in total. The number of ether oxygens (including phenoxy) is 2. The molecule has 124 valence electrons. The van der Waals surface area contributed by atoms with Gasteiger partial charge in [0.05, 0.1) is 12.5 Å². The minimum Gasteiger partial charge on any atom is -0.464 e. The summed E-state index contributed by atoms with van der Waals surface area (Å²) in [7, 11) is 0. The molecular formula is C16H18ClNO5. The van der Waals surface area contributed by atoms with Crippen molar-refractivity contribution in [2.75, 3.05) is 19.1 Å². The van der Waals surface area contributed by atoms with Gasteiger partial charge >= 0.3 is 12.1 Å². The van der Waals surface area contributed by atoms with Crippen LogP contribution < -0.4 is 0 Å². The number of alkyl halides is 1. The zero-order valence-electron chi connectivity index (χ0n) is 12.7. The van der Waals surface area contributed by atoms with Crippen LogP contribution in [-0.2, 0) is 14.3 Å². The molecule has 0 aliphatic rings. The molecule has 2 amide bonds. The minimum absolute atomic E-state index is 0.0985. The van der Waals surface area contributed by atoms with Crippen LogP contribution in [0.2, 0.25) is 0 Å². The Morgan fingerprint density at radius 2 is 1.91 bits per heavy atom. The van der Waals surface area contributed by atoms with E-state index in [0.717, 1.165) is 0 Å². The SMILES string of the molecule is C=CCOC(=O)N(C(=O)c1ccccc1)[C@H](CCl)C(=O)OCC. The van der Waals surface area contributed by atoms with E-state index in [0.29, 0.717) is 4.90 Å². The summed E-state index contributed by atoms with van der Waals surface area (Å²) in [4.78, 5) is 37.5. The second-order valence-electron chi connectivity index (χ2n) is 4.33. The molecule has 7 heteroatoms. The molecule has 23 heavy (non-hydrogen) atoms. The van der Waals surface area contributed by atoms with Gasteiger partial charge in [0.15, 0.2) is 6.04 Å². The first-order chi connectivity index (χ1) is 11.1. The number of imide groups is 1. The number of benzene rings is 1. The van der Waals surface area contributed by atoms with E-state index in [1.165, 1.54) is 18.2 Å². The number of halogens is 1. The second-order valence-corrected chi connectivity index (χ2v) is 4.64. The van der Waals surface area contributed by atoms with Gasteiger partial charge in [-0.1, -0.05) is 30.9 Å². The molecule has 1 atom stereocenters. The summed E-state index contributed by atoms with van der Waals surface area (Å²) in [6.07, 6.45) is 0.362. The van der Waals surface area contributed by atoms with Gasteiger partial charge in [0.2, 0.25) is 0 Å². The molecule has 0 saturated heterocycles. The Labute approximate surface area is 139 Å². The van der Waals surface area contributed by atoms with E-state index in [2.05, 4.69) is 6.58 Å². The molecular weight excluding hydrogens is 322 g/mol. The van der Waals surface area contributed by atoms with Gasteiger partial charge in [-0.25, -0.2) is 14.5 Å². The molecule has 0 aromatic heterocycles. The van der Waals surface area contributed by atoms with Gasteiger partial charge in [0.25, 0.3) is 5.91 Å². The smallest absolute Gasteiger partial charge is 0.417 e. The van der Waals surface area contributed by atoms with Gasteiger partial charge in [-0.05, 0) is 19.1 Å². The van der Waals surface area contributed by atoms with Gasteiger partial charge in [-0.3, -0.25) is 4.79 Å². The van der Waals surface area contributed by atoms with Gasteiger partial charge in [-0.2, -0.15) is 0 Å². The fraction of sp³-hybridized carbons (Fsp3) is 0.312. The molecule has 0 aliphatic heterocycles. The van der Waals surface area contributed by atoms with Crippen LogP contribution in [0, 0.1) is 0 Å². The van der Waals surface area contributed by atoms with Gasteiger partial charge in [0, 0.05) is 5.56 Å². The summed E-state index contributed by atoms with van der Waals surface area (Å²) in [5.41, 5.74) is 0.225. The van der Waals surface area contributed by atoms with E-state index >= 15 is 0 Å². The van der Waals surface area contributed by atoms with E-state index in [4.69, 9.17) is 21.1 Å². The van der Waals surface area contributed by atoms with E-state index in [1.54, 1.807) is 25.1 Å². The number of rotatable bonds is 7. The summed E-state index contributed by atoms with van der Waals surface area (Å²) < 4.78 is 9.76. The first-order valence-electron chi connectivity index (χ1n) is 6.95. The van der Waals surface area contributed by atoms with Crippen molar-refractivity contribution in [2.24, 2.45) is 0 Å². The highest BCUT2D eigenvalue weighted by Gasteiger charge is 2.37. The molecule has 6 nitrogen and oxygen atoms in total. The van der Waals surface area contributed by atoms with Gasteiger partial charge < -0.3 is 9.47 Å². The van der Waals surface area contributed by atoms with Crippen LogP contribution in [0.3, 0.4) is 0 Å². The number of carbonyl (C=O) groups excluding carboxylic acids is 3. The van der Waals surface area contributed by atoms with Crippen molar-refractivity contribution >= 4 is 29.6 Å². The lowest BCUT2D eigenvalue weighted by Crippen LogP contribution is -2.50. The number of esters is 1. The van der Waals surface area contributed by atoms with Crippen LogP contribution in [0.5, 0.6) is 0 Å². The standard InChI is InChI=1S/C16H18ClNO5/c1-3-10-23-16(21)18(13(11-17)15(20)22-4-2)14(19)12-8-6-5-7-9-12/h3,5-9,13H,1,4,10-11H2,2H3/t13-/m1/s1. The van der Waals surface area contributed by atoms with E-state index in [9.17, 15) is 14.4 Å². The molecule has 1 aromatic carbocycles. The number of nitrogens with zero attached hydrogens (tertiary/aromatic N) is 1. The summed E-state index contributed by atoms with van der Waals surface area (Å²) in [5, 5.41) is 0. The maximum atomic E-state index is 12.6. The van der Waals surface area contributed by atoms with Crippen molar-refractivity contribution in [2.45, 2.75) is 13.0 Å². The van der Waals surface area contributed by atoms with Crippen molar-refractivity contribution in [1.82, 2.24) is 4.90 Å². The summed E-state index contributed by atoms with van der Waals surface area (Å²) in [6, 6.07) is 6.77. The fourth-order valence-electron chi connectivity index (χ4n) is 1.75. The van der Waals surface area contributed by atoms with Crippen LogP contribution in [0.25, 0.3) is 0 Å². The molecule has 0 unspecified atom stereocenters. The molecule has 0 aliphatic carbocycles. The van der Waals surface area contributed by atoms with Crippen LogP contribution >= 0.6 is 11.6 Å². The maximum Gasteiger partial charge on any atom is 0.417 e.